The first-order valence-electron chi connectivity index (χ1n) is 10.8. The van der Waals surface area contributed by atoms with Gasteiger partial charge in [-0.15, -0.1) is 0 Å². The third kappa shape index (κ3) is 5.64. The molecule has 3 aromatic rings. The molecule has 0 radical (unpaired) electrons. The lowest BCUT2D eigenvalue weighted by molar-refractivity contribution is -0.138. The van der Waals surface area contributed by atoms with Crippen LogP contribution in [0.1, 0.15) is 29.4 Å². The van der Waals surface area contributed by atoms with Gasteiger partial charge in [0.15, 0.2) is 23.2 Å². The largest absolute Gasteiger partial charge is 0.473 e. The number of likely N-dealkylation sites (tertiary alicyclic amines) is 1. The van der Waals surface area contributed by atoms with Crippen LogP contribution in [-0.2, 0) is 13.2 Å². The lowest BCUT2D eigenvalue weighted by Gasteiger charge is -2.42. The zero-order valence-corrected chi connectivity index (χ0v) is 19.3. The maximum absolute atomic E-state index is 14.5. The van der Waals surface area contributed by atoms with Gasteiger partial charge in [0.1, 0.15) is 6.61 Å². The van der Waals surface area contributed by atoms with Gasteiger partial charge in [-0.1, -0.05) is 6.92 Å². The number of hydrogen-bond donors (Lipinski definition) is 0. The van der Waals surface area contributed by atoms with Crippen molar-refractivity contribution in [1.82, 2.24) is 29.6 Å². The lowest BCUT2D eigenvalue weighted by atomic mass is 9.88. The molecule has 1 aliphatic rings. The number of hydrogen-bond acceptors (Lipinski definition) is 6. The number of aromatic nitrogens is 5. The van der Waals surface area contributed by atoms with Crippen molar-refractivity contribution < 1.29 is 40.3 Å². The summed E-state index contributed by atoms with van der Waals surface area (Å²) in [6.45, 7) is -0.124. The van der Waals surface area contributed by atoms with Crippen molar-refractivity contribution in [2.45, 2.75) is 31.5 Å². The fourth-order valence-electron chi connectivity index (χ4n) is 4.07. The van der Waals surface area contributed by atoms with Crippen LogP contribution in [0.3, 0.4) is 0 Å². The van der Waals surface area contributed by atoms with Gasteiger partial charge in [0.05, 0.1) is 36.1 Å². The van der Waals surface area contributed by atoms with E-state index in [-0.39, 0.29) is 23.1 Å². The van der Waals surface area contributed by atoms with Gasteiger partial charge in [0.25, 0.3) is 11.8 Å². The monoisotopic (exact) mass is 532 g/mol. The molecule has 2 atom stereocenters. The average molecular weight is 532 g/mol. The maximum Gasteiger partial charge on any atom is 0.417 e. The van der Waals surface area contributed by atoms with E-state index < -0.39 is 72.6 Å². The summed E-state index contributed by atoms with van der Waals surface area (Å²) >= 11 is 0. The molecule has 198 valence electrons. The number of pyridine rings is 1. The highest BCUT2D eigenvalue weighted by atomic mass is 19.4. The summed E-state index contributed by atoms with van der Waals surface area (Å²) in [5, 5.41) is 4.04. The fourth-order valence-corrected chi connectivity index (χ4v) is 4.07. The molecule has 0 aliphatic carbocycles. The quantitative estimate of drug-likeness (QED) is 0.460. The Labute approximate surface area is 205 Å². The molecule has 1 amide bonds. The second kappa shape index (κ2) is 9.59. The molecule has 0 spiro atoms. The number of halogens is 7. The van der Waals surface area contributed by atoms with E-state index in [0.717, 1.165) is 17.3 Å². The van der Waals surface area contributed by atoms with Crippen LogP contribution in [0.15, 0.2) is 30.9 Å². The van der Waals surface area contributed by atoms with Crippen LogP contribution in [0.5, 0.6) is 5.88 Å². The number of ether oxygens (including phenoxy) is 1. The maximum atomic E-state index is 14.5. The van der Waals surface area contributed by atoms with Gasteiger partial charge in [-0.2, -0.15) is 18.3 Å². The Bertz CT molecular complexity index is 1300. The van der Waals surface area contributed by atoms with E-state index in [1.165, 1.54) is 24.9 Å². The van der Waals surface area contributed by atoms with E-state index in [2.05, 4.69) is 20.1 Å². The van der Waals surface area contributed by atoms with Crippen molar-refractivity contribution in [3.8, 4) is 17.3 Å². The highest BCUT2D eigenvalue weighted by Crippen LogP contribution is 2.36. The summed E-state index contributed by atoms with van der Waals surface area (Å²) in [5.41, 5.74) is -1.56. The second-order valence-electron chi connectivity index (χ2n) is 8.65. The molecular weight excluding hydrogens is 513 g/mol. The Kier molecular flexibility index (Phi) is 6.81. The summed E-state index contributed by atoms with van der Waals surface area (Å²) in [5.74, 6) is -8.05. The topological polar surface area (TPSA) is 86.0 Å². The van der Waals surface area contributed by atoms with Crippen molar-refractivity contribution in [1.29, 1.82) is 0 Å². The van der Waals surface area contributed by atoms with Crippen LogP contribution in [-0.4, -0.2) is 60.7 Å². The average Bonchev–Trinajstić information content (AvgIpc) is 3.19. The smallest absolute Gasteiger partial charge is 0.417 e. The van der Waals surface area contributed by atoms with Gasteiger partial charge in [-0.05, 0) is 12.0 Å². The first-order chi connectivity index (χ1) is 17.2. The number of alkyl halides is 5. The third-order valence-corrected chi connectivity index (χ3v) is 5.76. The molecule has 0 saturated carbocycles. The van der Waals surface area contributed by atoms with Crippen LogP contribution >= 0.6 is 0 Å². The van der Waals surface area contributed by atoms with E-state index in [9.17, 15) is 35.5 Å². The minimum absolute atomic E-state index is 0.0594. The molecule has 4 heterocycles. The van der Waals surface area contributed by atoms with Crippen LogP contribution in [0.2, 0.25) is 0 Å². The van der Waals surface area contributed by atoms with Gasteiger partial charge in [-0.25, -0.2) is 32.5 Å². The van der Waals surface area contributed by atoms with Gasteiger partial charge >= 0.3 is 6.18 Å². The van der Waals surface area contributed by atoms with Crippen LogP contribution in [0.25, 0.3) is 11.4 Å². The van der Waals surface area contributed by atoms with Gasteiger partial charge in [0, 0.05) is 25.9 Å². The fraction of sp³-hybridized carbons (Fsp3) is 0.409. The summed E-state index contributed by atoms with van der Waals surface area (Å²) in [6.07, 6.45) is -1.98. The Hall–Kier alpha value is -3.78. The van der Waals surface area contributed by atoms with Crippen molar-refractivity contribution >= 4 is 5.91 Å². The summed E-state index contributed by atoms with van der Waals surface area (Å²) in [7, 11) is 1.47. The van der Waals surface area contributed by atoms with E-state index >= 15 is 0 Å². The highest BCUT2D eigenvalue weighted by molar-refractivity contribution is 5.98. The minimum atomic E-state index is -4.83. The van der Waals surface area contributed by atoms with E-state index in [1.54, 1.807) is 0 Å². The second-order valence-corrected chi connectivity index (χ2v) is 8.65. The van der Waals surface area contributed by atoms with E-state index in [4.69, 9.17) is 4.74 Å². The minimum Gasteiger partial charge on any atom is -0.473 e. The molecular formula is C22H19F7N6O2. The molecule has 0 aromatic carbocycles. The van der Waals surface area contributed by atoms with Gasteiger partial charge < -0.3 is 9.64 Å². The number of nitrogens with zero attached hydrogens (tertiary/aromatic N) is 6. The molecule has 4 rings (SSSR count). The molecule has 1 aliphatic heterocycles. The molecule has 3 aromatic heterocycles. The van der Waals surface area contributed by atoms with Crippen molar-refractivity contribution in [3.05, 3.63) is 53.7 Å². The zero-order chi connectivity index (χ0) is 27.1. The molecule has 0 bridgehead atoms. The van der Waals surface area contributed by atoms with Crippen molar-refractivity contribution in [3.63, 3.8) is 0 Å². The standard InChI is InChI=1S/C22H19F7N6O2/c1-11-4-21(25,26)10-35(16(11)9-37-19-15(24)3-12(5-32-19)22(27,28)29)20(36)17-14(8-34(2)33-17)18-30-6-13(23)7-31-18/h3,5-8,11,16H,4,9-10H2,1-2H3. The number of rotatable bonds is 5. The lowest BCUT2D eigenvalue weighted by Crippen LogP contribution is -2.57. The van der Waals surface area contributed by atoms with Crippen molar-refractivity contribution in [2.24, 2.45) is 13.0 Å². The van der Waals surface area contributed by atoms with E-state index in [1.807, 2.05) is 0 Å². The molecule has 0 N–H and O–H groups in total. The summed E-state index contributed by atoms with van der Waals surface area (Å²) in [4.78, 5) is 25.2. The van der Waals surface area contributed by atoms with Crippen LogP contribution in [0, 0.1) is 17.6 Å². The SMILES string of the molecule is CC1CC(F)(F)CN(C(=O)c2nn(C)cc2-c2ncc(F)cn2)C1COc1ncc(C(F)(F)F)cc1F. The Morgan fingerprint density at radius 3 is 2.46 bits per heavy atom. The Morgan fingerprint density at radius 1 is 1.16 bits per heavy atom. The number of piperidine rings is 1. The number of carbonyl (C=O) groups is 1. The van der Waals surface area contributed by atoms with Crippen LogP contribution in [0.4, 0.5) is 30.7 Å². The van der Waals surface area contributed by atoms with Gasteiger partial charge in [-0.3, -0.25) is 9.48 Å². The number of amides is 1. The van der Waals surface area contributed by atoms with Gasteiger partial charge in [0.2, 0.25) is 5.88 Å². The first-order valence-corrected chi connectivity index (χ1v) is 10.8. The molecule has 37 heavy (non-hydrogen) atoms. The molecule has 1 fully saturated rings. The normalized spacial score (nSPS) is 19.6. The highest BCUT2D eigenvalue weighted by Gasteiger charge is 2.47. The predicted octanol–water partition coefficient (Wildman–Crippen LogP) is 4.13. The molecule has 1 saturated heterocycles. The summed E-state index contributed by atoms with van der Waals surface area (Å²) in [6, 6.07) is -0.841. The number of carbonyl (C=O) groups excluding carboxylic acids is 1. The predicted molar refractivity (Wildman–Crippen MR) is 112 cm³/mol. The molecule has 15 heteroatoms. The van der Waals surface area contributed by atoms with Crippen LogP contribution < -0.4 is 4.74 Å². The zero-order valence-electron chi connectivity index (χ0n) is 19.3. The van der Waals surface area contributed by atoms with E-state index in [0.29, 0.717) is 6.20 Å². The summed E-state index contributed by atoms with van der Waals surface area (Å²) < 4.78 is 101. The third-order valence-electron chi connectivity index (χ3n) is 5.76. The molecule has 8 nitrogen and oxygen atoms in total. The number of aryl methyl sites for hydroxylation is 1. The van der Waals surface area contributed by atoms with Crippen molar-refractivity contribution in [2.75, 3.05) is 13.2 Å². The Balaban J connectivity index is 1.63. The molecule has 2 unspecified atom stereocenters. The first kappa shape index (κ1) is 26.3. The Morgan fingerprint density at radius 2 is 1.84 bits per heavy atom.